The Hall–Kier alpha value is -2.80. The third-order valence-corrected chi connectivity index (χ3v) is 4.65. The van der Waals surface area contributed by atoms with Crippen molar-refractivity contribution in [2.45, 2.75) is 12.2 Å². The first-order valence-corrected chi connectivity index (χ1v) is 8.50. The van der Waals surface area contributed by atoms with E-state index in [-0.39, 0.29) is 33.7 Å². The number of carbonyl (C=O) groups is 3. The summed E-state index contributed by atoms with van der Waals surface area (Å²) in [6, 6.07) is 13.2. The molecule has 25 heavy (non-hydrogen) atoms. The van der Waals surface area contributed by atoms with Gasteiger partial charge in [0.25, 0.3) is 0 Å². The third-order valence-electron chi connectivity index (χ3n) is 3.44. The van der Waals surface area contributed by atoms with E-state index < -0.39 is 11.9 Å². The van der Waals surface area contributed by atoms with E-state index in [1.807, 2.05) is 37.3 Å². The van der Waals surface area contributed by atoms with Crippen molar-refractivity contribution in [2.75, 3.05) is 11.1 Å². The smallest absolute Gasteiger partial charge is 0.335 e. The first-order chi connectivity index (χ1) is 11.9. The van der Waals surface area contributed by atoms with Crippen LogP contribution >= 0.6 is 11.8 Å². The molecule has 0 bridgehead atoms. The zero-order valence-electron chi connectivity index (χ0n) is 13.4. The fourth-order valence-corrected chi connectivity index (χ4v) is 2.99. The van der Waals surface area contributed by atoms with E-state index in [0.717, 1.165) is 11.6 Å². The van der Waals surface area contributed by atoms with Gasteiger partial charge in [0.05, 0.1) is 16.9 Å². The SMILES string of the molecule is CC(SCC(=O)Nc1cc(C(=O)O)cc(C(=O)O)c1)c1ccccc1. The number of carboxylic acid groups (broad SMARTS) is 2. The molecule has 2 aromatic carbocycles. The standard InChI is InChI=1S/C18H17NO5S/c1-11(12-5-3-2-4-6-12)25-10-16(20)19-15-8-13(17(21)22)7-14(9-15)18(23)24/h2-9,11H,10H2,1H3,(H,19,20)(H,21,22)(H,23,24). The van der Waals surface area contributed by atoms with Gasteiger partial charge in [0, 0.05) is 10.9 Å². The lowest BCUT2D eigenvalue weighted by Crippen LogP contribution is -2.16. The molecular formula is C18H17NO5S. The molecule has 7 heteroatoms. The summed E-state index contributed by atoms with van der Waals surface area (Å²) in [6.07, 6.45) is 0. The number of hydrogen-bond acceptors (Lipinski definition) is 4. The molecule has 2 aromatic rings. The van der Waals surface area contributed by atoms with Crippen molar-refractivity contribution in [3.63, 3.8) is 0 Å². The molecule has 0 aliphatic heterocycles. The van der Waals surface area contributed by atoms with Gasteiger partial charge < -0.3 is 15.5 Å². The van der Waals surface area contributed by atoms with E-state index in [0.29, 0.717) is 0 Å². The molecule has 3 N–H and O–H groups in total. The Labute approximate surface area is 148 Å². The number of carbonyl (C=O) groups excluding carboxylic acids is 1. The third kappa shape index (κ3) is 5.36. The summed E-state index contributed by atoms with van der Waals surface area (Å²) in [7, 11) is 0. The highest BCUT2D eigenvalue weighted by Gasteiger charge is 2.14. The molecule has 0 saturated heterocycles. The number of aromatic carboxylic acids is 2. The zero-order valence-corrected chi connectivity index (χ0v) is 14.2. The van der Waals surface area contributed by atoms with Crippen LogP contribution in [0.4, 0.5) is 5.69 Å². The second-order valence-electron chi connectivity index (χ2n) is 5.32. The molecule has 6 nitrogen and oxygen atoms in total. The van der Waals surface area contributed by atoms with Crippen molar-refractivity contribution in [2.24, 2.45) is 0 Å². The van der Waals surface area contributed by atoms with Crippen LogP contribution in [0, 0.1) is 0 Å². The van der Waals surface area contributed by atoms with Gasteiger partial charge in [0.15, 0.2) is 0 Å². The second-order valence-corrected chi connectivity index (χ2v) is 6.65. The Morgan fingerprint density at radius 1 is 1.00 bits per heavy atom. The van der Waals surface area contributed by atoms with Crippen LogP contribution in [0.5, 0.6) is 0 Å². The minimum Gasteiger partial charge on any atom is -0.478 e. The summed E-state index contributed by atoms with van der Waals surface area (Å²) in [6.45, 7) is 1.99. The summed E-state index contributed by atoms with van der Waals surface area (Å²) in [5.41, 5.74) is 0.859. The molecule has 1 unspecified atom stereocenters. The molecule has 1 amide bonds. The van der Waals surface area contributed by atoms with E-state index in [1.54, 1.807) is 0 Å². The van der Waals surface area contributed by atoms with Crippen molar-refractivity contribution in [1.82, 2.24) is 0 Å². The molecule has 0 aliphatic carbocycles. The average Bonchev–Trinajstić information content (AvgIpc) is 2.60. The molecule has 1 atom stereocenters. The molecule has 0 saturated carbocycles. The number of carboxylic acids is 2. The Kier molecular flexibility index (Phi) is 6.19. The average molecular weight is 359 g/mol. The summed E-state index contributed by atoms with van der Waals surface area (Å²) in [4.78, 5) is 34.2. The molecule has 130 valence electrons. The Balaban J connectivity index is 2.02. The molecular weight excluding hydrogens is 342 g/mol. The van der Waals surface area contributed by atoms with Crippen molar-refractivity contribution in [1.29, 1.82) is 0 Å². The van der Waals surface area contributed by atoms with Crippen LogP contribution in [0.15, 0.2) is 48.5 Å². The van der Waals surface area contributed by atoms with Crippen molar-refractivity contribution in [3.8, 4) is 0 Å². The van der Waals surface area contributed by atoms with Gasteiger partial charge in [-0.25, -0.2) is 9.59 Å². The van der Waals surface area contributed by atoms with E-state index in [4.69, 9.17) is 10.2 Å². The van der Waals surface area contributed by atoms with Crippen LogP contribution in [0.3, 0.4) is 0 Å². The lowest BCUT2D eigenvalue weighted by molar-refractivity contribution is -0.113. The van der Waals surface area contributed by atoms with Gasteiger partial charge in [-0.1, -0.05) is 30.3 Å². The van der Waals surface area contributed by atoms with Crippen molar-refractivity contribution in [3.05, 3.63) is 65.2 Å². The lowest BCUT2D eigenvalue weighted by Gasteiger charge is -2.12. The highest BCUT2D eigenvalue weighted by Crippen LogP contribution is 2.27. The monoisotopic (exact) mass is 359 g/mol. The number of nitrogens with one attached hydrogen (secondary N) is 1. The van der Waals surface area contributed by atoms with Gasteiger partial charge in [0.1, 0.15) is 0 Å². The second kappa shape index (κ2) is 8.34. The van der Waals surface area contributed by atoms with Crippen LogP contribution in [-0.4, -0.2) is 33.8 Å². The van der Waals surface area contributed by atoms with Crippen LogP contribution in [0.2, 0.25) is 0 Å². The van der Waals surface area contributed by atoms with Crippen LogP contribution < -0.4 is 5.32 Å². The number of thioether (sulfide) groups is 1. The summed E-state index contributed by atoms with van der Waals surface area (Å²) < 4.78 is 0. The van der Waals surface area contributed by atoms with Gasteiger partial charge in [-0.3, -0.25) is 4.79 Å². The van der Waals surface area contributed by atoms with Gasteiger partial charge in [-0.05, 0) is 30.7 Å². The van der Waals surface area contributed by atoms with Crippen molar-refractivity contribution < 1.29 is 24.6 Å². The van der Waals surface area contributed by atoms with E-state index >= 15 is 0 Å². The normalized spacial score (nSPS) is 11.6. The highest BCUT2D eigenvalue weighted by atomic mass is 32.2. The predicted molar refractivity (Wildman–Crippen MR) is 96.3 cm³/mol. The van der Waals surface area contributed by atoms with E-state index in [1.165, 1.54) is 23.9 Å². The minimum absolute atomic E-state index is 0.117. The zero-order chi connectivity index (χ0) is 18.4. The van der Waals surface area contributed by atoms with Gasteiger partial charge >= 0.3 is 11.9 Å². The maximum Gasteiger partial charge on any atom is 0.335 e. The molecule has 0 radical (unpaired) electrons. The lowest BCUT2D eigenvalue weighted by atomic mass is 10.1. The highest BCUT2D eigenvalue weighted by molar-refractivity contribution is 8.00. The number of amides is 1. The maximum atomic E-state index is 12.1. The molecule has 0 fully saturated rings. The minimum atomic E-state index is -1.26. The molecule has 0 spiro atoms. The first kappa shape index (κ1) is 18.5. The molecule has 0 aliphatic rings. The predicted octanol–water partition coefficient (Wildman–Crippen LogP) is 3.52. The molecule has 0 heterocycles. The van der Waals surface area contributed by atoms with E-state index in [9.17, 15) is 14.4 Å². The molecule has 0 aromatic heterocycles. The largest absolute Gasteiger partial charge is 0.478 e. The first-order valence-electron chi connectivity index (χ1n) is 7.45. The fourth-order valence-electron chi connectivity index (χ4n) is 2.16. The van der Waals surface area contributed by atoms with Gasteiger partial charge in [-0.2, -0.15) is 0 Å². The number of hydrogen-bond donors (Lipinski definition) is 3. The van der Waals surface area contributed by atoms with Crippen LogP contribution in [-0.2, 0) is 4.79 Å². The fraction of sp³-hybridized carbons (Fsp3) is 0.167. The Morgan fingerprint density at radius 3 is 2.08 bits per heavy atom. The maximum absolute atomic E-state index is 12.1. The van der Waals surface area contributed by atoms with Gasteiger partial charge in [0.2, 0.25) is 5.91 Å². The van der Waals surface area contributed by atoms with Crippen LogP contribution in [0.1, 0.15) is 38.5 Å². The number of rotatable bonds is 7. The van der Waals surface area contributed by atoms with Crippen molar-refractivity contribution >= 4 is 35.3 Å². The van der Waals surface area contributed by atoms with Gasteiger partial charge in [-0.15, -0.1) is 11.8 Å². The number of benzene rings is 2. The Morgan fingerprint density at radius 2 is 1.56 bits per heavy atom. The topological polar surface area (TPSA) is 104 Å². The summed E-state index contributed by atoms with van der Waals surface area (Å²) in [5, 5.41) is 20.8. The molecule has 2 rings (SSSR count). The van der Waals surface area contributed by atoms with Crippen LogP contribution in [0.25, 0.3) is 0 Å². The summed E-state index contributed by atoms with van der Waals surface area (Å²) >= 11 is 1.43. The summed E-state index contributed by atoms with van der Waals surface area (Å²) in [5.74, 6) is -2.68. The van der Waals surface area contributed by atoms with E-state index in [2.05, 4.69) is 5.32 Å². The Bertz CT molecular complexity index is 759. The quantitative estimate of drug-likeness (QED) is 0.699. The number of anilines is 1.